The lowest BCUT2D eigenvalue weighted by atomic mass is 9.60. The zero-order chi connectivity index (χ0) is 22.1. The third-order valence-corrected chi connectivity index (χ3v) is 8.44. The Hall–Kier alpha value is -0.900. The van der Waals surface area contributed by atoms with Crippen LogP contribution in [0.1, 0.15) is 91.9 Å². The van der Waals surface area contributed by atoms with Crippen molar-refractivity contribution in [1.29, 1.82) is 0 Å². The lowest BCUT2D eigenvalue weighted by Crippen LogP contribution is -2.36. The minimum atomic E-state index is -0.615. The smallest absolute Gasteiger partial charge is 0.0811 e. The standard InChI is InChI=1S/C27H44O3/c1-18(8-6-14-26(3,4)30)23-12-13-24-20(9-7-15-27(23,24)5)10-11-21-16-22(28)17-25(29)19(21)2/h10-11,18,22-25,28-30H,2,6-9,12-17H2,1,3-5H3/b20-10+,21-11-/t18-,22-,23-,24-,25-,27+/m1/s1. The lowest BCUT2D eigenvalue weighted by molar-refractivity contribution is 0.0596. The molecule has 0 unspecified atom stereocenters. The van der Waals surface area contributed by atoms with E-state index in [4.69, 9.17) is 0 Å². The minimum absolute atomic E-state index is 0.374. The molecule has 3 heteroatoms. The van der Waals surface area contributed by atoms with Crippen LogP contribution in [0.25, 0.3) is 0 Å². The third-order valence-electron chi connectivity index (χ3n) is 8.44. The van der Waals surface area contributed by atoms with Crippen molar-refractivity contribution in [3.05, 3.63) is 35.5 Å². The van der Waals surface area contributed by atoms with Crippen LogP contribution >= 0.6 is 0 Å². The van der Waals surface area contributed by atoms with Crippen molar-refractivity contribution in [3.8, 4) is 0 Å². The number of fused-ring (bicyclic) bond motifs is 1. The molecule has 3 N–H and O–H groups in total. The normalized spacial score (nSPS) is 38.8. The van der Waals surface area contributed by atoms with Gasteiger partial charge in [-0.2, -0.15) is 0 Å². The van der Waals surface area contributed by atoms with Crippen LogP contribution in [0.3, 0.4) is 0 Å². The van der Waals surface area contributed by atoms with E-state index >= 15 is 0 Å². The highest BCUT2D eigenvalue weighted by Gasteiger charge is 2.50. The Morgan fingerprint density at radius 2 is 1.97 bits per heavy atom. The first-order valence-corrected chi connectivity index (χ1v) is 12.2. The second kappa shape index (κ2) is 9.30. The van der Waals surface area contributed by atoms with Gasteiger partial charge in [0.15, 0.2) is 0 Å². The van der Waals surface area contributed by atoms with Crippen molar-refractivity contribution in [2.45, 2.75) is 110 Å². The SMILES string of the molecule is C=C1/C(=C\C=C2/CCC[C@]3(C)[C@@H]2CC[C@@H]3[C@H](C)CCCC(C)(C)O)C[C@@H](O)C[C@H]1O. The zero-order valence-corrected chi connectivity index (χ0v) is 19.7. The van der Waals surface area contributed by atoms with E-state index in [0.717, 1.165) is 29.9 Å². The molecule has 6 atom stereocenters. The largest absolute Gasteiger partial charge is 0.393 e. The second-order valence-electron chi connectivity index (χ2n) is 11.3. The first-order chi connectivity index (χ1) is 14.0. The molecule has 0 aliphatic heterocycles. The molecule has 0 aromatic carbocycles. The van der Waals surface area contributed by atoms with E-state index in [9.17, 15) is 15.3 Å². The van der Waals surface area contributed by atoms with Crippen LogP contribution in [0.5, 0.6) is 0 Å². The molecular formula is C27H44O3. The third kappa shape index (κ3) is 5.29. The Morgan fingerprint density at radius 1 is 1.23 bits per heavy atom. The summed E-state index contributed by atoms with van der Waals surface area (Å²) in [5, 5.41) is 30.2. The van der Waals surface area contributed by atoms with Crippen molar-refractivity contribution in [2.75, 3.05) is 0 Å². The molecular weight excluding hydrogens is 372 g/mol. The summed E-state index contributed by atoms with van der Waals surface area (Å²) in [7, 11) is 0. The van der Waals surface area contributed by atoms with E-state index in [1.165, 1.54) is 38.5 Å². The molecule has 0 aromatic heterocycles. The summed E-state index contributed by atoms with van der Waals surface area (Å²) in [5.41, 5.74) is 3.17. The van der Waals surface area contributed by atoms with Crippen molar-refractivity contribution < 1.29 is 15.3 Å². The first-order valence-electron chi connectivity index (χ1n) is 12.2. The molecule has 0 saturated heterocycles. The molecule has 3 rings (SSSR count). The maximum absolute atomic E-state index is 10.1. The number of hydrogen-bond acceptors (Lipinski definition) is 3. The average molecular weight is 417 g/mol. The summed E-state index contributed by atoms with van der Waals surface area (Å²) >= 11 is 0. The van der Waals surface area contributed by atoms with Crippen LogP contribution in [-0.2, 0) is 0 Å². The van der Waals surface area contributed by atoms with Crippen LogP contribution in [-0.4, -0.2) is 33.1 Å². The highest BCUT2D eigenvalue weighted by molar-refractivity contribution is 5.38. The van der Waals surface area contributed by atoms with Gasteiger partial charge in [-0.15, -0.1) is 0 Å². The van der Waals surface area contributed by atoms with Crippen LogP contribution in [0.2, 0.25) is 0 Å². The Kier molecular flexibility index (Phi) is 7.37. The Bertz CT molecular complexity index is 683. The van der Waals surface area contributed by atoms with Crippen LogP contribution < -0.4 is 0 Å². The highest BCUT2D eigenvalue weighted by atomic mass is 16.3. The maximum Gasteiger partial charge on any atom is 0.0811 e. The molecule has 3 saturated carbocycles. The molecule has 3 aliphatic carbocycles. The summed E-state index contributed by atoms with van der Waals surface area (Å²) in [6.07, 6.45) is 13.9. The van der Waals surface area contributed by atoms with Gasteiger partial charge in [-0.1, -0.05) is 51.0 Å². The molecule has 3 aliphatic rings. The Balaban J connectivity index is 1.70. The second-order valence-corrected chi connectivity index (χ2v) is 11.3. The quantitative estimate of drug-likeness (QED) is 0.520. The zero-order valence-electron chi connectivity index (χ0n) is 19.7. The molecule has 0 aromatic rings. The summed E-state index contributed by atoms with van der Waals surface area (Å²) in [6.45, 7) is 12.8. The fourth-order valence-corrected chi connectivity index (χ4v) is 6.74. The van der Waals surface area contributed by atoms with Gasteiger partial charge in [0.2, 0.25) is 0 Å². The van der Waals surface area contributed by atoms with E-state index in [1.807, 2.05) is 13.8 Å². The fraction of sp³-hybridized carbons (Fsp3) is 0.778. The number of allylic oxidation sites excluding steroid dienone is 3. The van der Waals surface area contributed by atoms with E-state index in [0.29, 0.717) is 30.1 Å². The average Bonchev–Trinajstić information content (AvgIpc) is 3.00. The summed E-state index contributed by atoms with van der Waals surface area (Å²) < 4.78 is 0. The van der Waals surface area contributed by atoms with Crippen molar-refractivity contribution >= 4 is 0 Å². The topological polar surface area (TPSA) is 60.7 Å². The van der Waals surface area contributed by atoms with Gasteiger partial charge in [-0.05, 0) is 93.1 Å². The van der Waals surface area contributed by atoms with E-state index in [-0.39, 0.29) is 0 Å². The minimum Gasteiger partial charge on any atom is -0.393 e. The molecule has 0 heterocycles. The Labute approximate surface area is 184 Å². The van der Waals surface area contributed by atoms with Gasteiger partial charge in [-0.25, -0.2) is 0 Å². The van der Waals surface area contributed by atoms with E-state index < -0.39 is 17.8 Å². The molecule has 0 bridgehead atoms. The summed E-state index contributed by atoms with van der Waals surface area (Å²) in [6, 6.07) is 0. The first kappa shape index (κ1) is 23.8. The van der Waals surface area contributed by atoms with Crippen molar-refractivity contribution in [3.63, 3.8) is 0 Å². The summed E-state index contributed by atoms with van der Waals surface area (Å²) in [5.74, 6) is 2.11. The van der Waals surface area contributed by atoms with Gasteiger partial charge in [0, 0.05) is 6.42 Å². The van der Waals surface area contributed by atoms with Gasteiger partial charge in [-0.3, -0.25) is 0 Å². The number of hydrogen-bond donors (Lipinski definition) is 3. The number of aliphatic hydroxyl groups is 3. The van der Waals surface area contributed by atoms with Gasteiger partial charge < -0.3 is 15.3 Å². The molecule has 3 nitrogen and oxygen atoms in total. The van der Waals surface area contributed by atoms with E-state index in [1.54, 1.807) is 5.57 Å². The van der Waals surface area contributed by atoms with Gasteiger partial charge in [0.05, 0.1) is 17.8 Å². The van der Waals surface area contributed by atoms with Crippen LogP contribution in [0.4, 0.5) is 0 Å². The Morgan fingerprint density at radius 3 is 2.67 bits per heavy atom. The molecule has 0 amide bonds. The van der Waals surface area contributed by atoms with E-state index in [2.05, 4.69) is 32.6 Å². The highest BCUT2D eigenvalue weighted by Crippen LogP contribution is 2.60. The van der Waals surface area contributed by atoms with Crippen molar-refractivity contribution in [2.24, 2.45) is 23.2 Å². The number of aliphatic hydroxyl groups excluding tert-OH is 2. The molecule has 3 fully saturated rings. The predicted octanol–water partition coefficient (Wildman–Crippen LogP) is 5.70. The van der Waals surface area contributed by atoms with Crippen LogP contribution in [0.15, 0.2) is 35.5 Å². The maximum atomic E-state index is 10.1. The molecule has 170 valence electrons. The predicted molar refractivity (Wildman–Crippen MR) is 124 cm³/mol. The van der Waals surface area contributed by atoms with Gasteiger partial charge in [0.25, 0.3) is 0 Å². The number of rotatable bonds is 6. The lowest BCUT2D eigenvalue weighted by Gasteiger charge is -2.44. The van der Waals surface area contributed by atoms with Gasteiger partial charge in [0.1, 0.15) is 0 Å². The fourth-order valence-electron chi connectivity index (χ4n) is 6.74. The monoisotopic (exact) mass is 416 g/mol. The molecule has 30 heavy (non-hydrogen) atoms. The van der Waals surface area contributed by atoms with Crippen LogP contribution in [0, 0.1) is 23.2 Å². The van der Waals surface area contributed by atoms with Crippen molar-refractivity contribution in [1.82, 2.24) is 0 Å². The molecule has 0 spiro atoms. The summed E-state index contributed by atoms with van der Waals surface area (Å²) in [4.78, 5) is 0. The molecule has 0 radical (unpaired) electrons. The van der Waals surface area contributed by atoms with Gasteiger partial charge >= 0.3 is 0 Å².